The van der Waals surface area contributed by atoms with E-state index >= 15 is 0 Å². The van der Waals surface area contributed by atoms with E-state index in [1.807, 2.05) is 18.7 Å². The topological polar surface area (TPSA) is 90.9 Å². The standard InChI is InChI=1S/C37H48N6O3/c1-5-25-46-36(45)38-20-15-30-11-13-32(14-12-30)43(26-31-9-7-6-8-10-31)33-16-21-42(22-17-33)37(4)18-23-41(24-19-37)35(44)34-28(2)39-27-40-29(34)3/h5-14,27,33H,1,15-26H2,2-4H3,(H,38,45). The highest BCUT2D eigenvalue weighted by Gasteiger charge is 2.39. The van der Waals surface area contributed by atoms with Crippen LogP contribution in [0.4, 0.5) is 10.5 Å². The first-order valence-corrected chi connectivity index (χ1v) is 16.5. The van der Waals surface area contributed by atoms with Gasteiger partial charge in [0.25, 0.3) is 5.91 Å². The molecule has 0 bridgehead atoms. The van der Waals surface area contributed by atoms with Crippen LogP contribution < -0.4 is 10.2 Å². The first kappa shape index (κ1) is 33.1. The largest absolute Gasteiger partial charge is 0.445 e. The fourth-order valence-electron chi connectivity index (χ4n) is 6.85. The van der Waals surface area contributed by atoms with Gasteiger partial charge < -0.3 is 19.9 Å². The molecule has 0 radical (unpaired) electrons. The van der Waals surface area contributed by atoms with Crippen LogP contribution in [0, 0.1) is 13.8 Å². The van der Waals surface area contributed by atoms with Crippen LogP contribution in [0.3, 0.4) is 0 Å². The molecule has 5 rings (SSSR count). The van der Waals surface area contributed by atoms with Crippen LogP contribution in [0.1, 0.15) is 65.5 Å². The molecule has 46 heavy (non-hydrogen) atoms. The summed E-state index contributed by atoms with van der Waals surface area (Å²) >= 11 is 0. The number of rotatable bonds is 11. The third-order valence-electron chi connectivity index (χ3n) is 9.72. The van der Waals surface area contributed by atoms with Crippen molar-refractivity contribution in [1.29, 1.82) is 0 Å². The van der Waals surface area contributed by atoms with Crippen molar-refractivity contribution in [2.24, 2.45) is 0 Å². The summed E-state index contributed by atoms with van der Waals surface area (Å²) in [5.41, 5.74) is 5.93. The Morgan fingerprint density at radius 1 is 0.978 bits per heavy atom. The summed E-state index contributed by atoms with van der Waals surface area (Å²) in [6, 6.07) is 19.9. The van der Waals surface area contributed by atoms with Crippen LogP contribution in [0.2, 0.25) is 0 Å². The average molecular weight is 625 g/mol. The van der Waals surface area contributed by atoms with Crippen LogP contribution in [-0.2, 0) is 17.7 Å². The summed E-state index contributed by atoms with van der Waals surface area (Å²) in [6.07, 6.45) is 7.50. The Kier molecular flexibility index (Phi) is 11.1. The molecule has 1 N–H and O–H groups in total. The number of aromatic nitrogens is 2. The maximum atomic E-state index is 13.4. The SMILES string of the molecule is C=CCOC(=O)NCCc1ccc(N(Cc2ccccc2)C2CCN(C3(C)CCN(C(=O)c4c(C)ncnc4C)CC3)CC2)cc1. The molecule has 2 saturated heterocycles. The minimum absolute atomic E-state index is 0.0567. The maximum absolute atomic E-state index is 13.4. The minimum Gasteiger partial charge on any atom is -0.445 e. The monoisotopic (exact) mass is 624 g/mol. The third-order valence-corrected chi connectivity index (χ3v) is 9.72. The van der Waals surface area contributed by atoms with Crippen molar-refractivity contribution in [3.63, 3.8) is 0 Å². The molecule has 2 amide bonds. The van der Waals surface area contributed by atoms with Crippen LogP contribution in [0.5, 0.6) is 0 Å². The predicted octanol–water partition coefficient (Wildman–Crippen LogP) is 5.71. The summed E-state index contributed by atoms with van der Waals surface area (Å²) in [5.74, 6) is 0.0567. The van der Waals surface area contributed by atoms with Crippen LogP contribution in [-0.4, -0.2) is 82.7 Å². The number of nitrogens with one attached hydrogen (secondary N) is 1. The first-order valence-electron chi connectivity index (χ1n) is 16.5. The minimum atomic E-state index is -0.419. The Balaban J connectivity index is 1.19. The highest BCUT2D eigenvalue weighted by molar-refractivity contribution is 5.96. The second-order valence-electron chi connectivity index (χ2n) is 12.8. The van der Waals surface area contributed by atoms with Gasteiger partial charge in [0, 0.05) is 56.5 Å². The molecule has 2 aliphatic rings. The molecular formula is C37H48N6O3. The van der Waals surface area contributed by atoms with Gasteiger partial charge in [-0.1, -0.05) is 55.1 Å². The Morgan fingerprint density at radius 3 is 2.26 bits per heavy atom. The van der Waals surface area contributed by atoms with E-state index in [1.54, 1.807) is 6.08 Å². The van der Waals surface area contributed by atoms with Crippen molar-refractivity contribution >= 4 is 17.7 Å². The number of benzene rings is 2. The van der Waals surface area contributed by atoms with Gasteiger partial charge in [0.15, 0.2) is 0 Å². The number of carbonyl (C=O) groups is 2. The molecule has 9 heteroatoms. The number of likely N-dealkylation sites (tertiary alicyclic amines) is 2. The maximum Gasteiger partial charge on any atom is 0.407 e. The zero-order valence-corrected chi connectivity index (χ0v) is 27.6. The number of alkyl carbamates (subject to hydrolysis) is 1. The van der Waals surface area contributed by atoms with E-state index in [0.29, 0.717) is 18.2 Å². The number of carbonyl (C=O) groups excluding carboxylic acids is 2. The van der Waals surface area contributed by atoms with Gasteiger partial charge in [-0.15, -0.1) is 0 Å². The van der Waals surface area contributed by atoms with Crippen LogP contribution in [0.25, 0.3) is 0 Å². The molecule has 9 nitrogen and oxygen atoms in total. The van der Waals surface area contributed by atoms with Crippen molar-refractivity contribution < 1.29 is 14.3 Å². The summed E-state index contributed by atoms with van der Waals surface area (Å²) in [7, 11) is 0. The lowest BCUT2D eigenvalue weighted by Crippen LogP contribution is -2.58. The Bertz CT molecular complexity index is 1440. The lowest BCUT2D eigenvalue weighted by molar-refractivity contribution is 0.0170. The average Bonchev–Trinajstić information content (AvgIpc) is 3.07. The van der Waals surface area contributed by atoms with Gasteiger partial charge in [-0.3, -0.25) is 9.69 Å². The Morgan fingerprint density at radius 2 is 1.63 bits per heavy atom. The van der Waals surface area contributed by atoms with Crippen LogP contribution in [0.15, 0.2) is 73.6 Å². The Hall–Kier alpha value is -4.24. The van der Waals surface area contributed by atoms with Crippen molar-refractivity contribution in [2.45, 2.75) is 71.0 Å². The van der Waals surface area contributed by atoms with E-state index in [4.69, 9.17) is 4.74 Å². The summed E-state index contributed by atoms with van der Waals surface area (Å²) in [6.45, 7) is 14.9. The molecule has 0 spiro atoms. The molecule has 2 fully saturated rings. The number of nitrogens with zero attached hydrogens (tertiary/aromatic N) is 5. The van der Waals surface area contributed by atoms with Crippen molar-refractivity contribution in [3.05, 3.63) is 102 Å². The van der Waals surface area contributed by atoms with Gasteiger partial charge in [-0.2, -0.15) is 0 Å². The zero-order valence-electron chi connectivity index (χ0n) is 27.6. The number of amides is 2. The fraction of sp³-hybridized carbons (Fsp3) is 0.459. The van der Waals surface area contributed by atoms with Gasteiger partial charge >= 0.3 is 6.09 Å². The lowest BCUT2D eigenvalue weighted by Gasteiger charge is -2.50. The highest BCUT2D eigenvalue weighted by atomic mass is 16.5. The molecule has 3 heterocycles. The third kappa shape index (κ3) is 8.12. The quantitative estimate of drug-likeness (QED) is 0.273. The molecule has 0 aliphatic carbocycles. The van der Waals surface area contributed by atoms with Crippen LogP contribution >= 0.6 is 0 Å². The number of anilines is 1. The normalized spacial score (nSPS) is 16.9. The molecule has 2 aliphatic heterocycles. The molecular weight excluding hydrogens is 576 g/mol. The van der Waals surface area contributed by atoms with Gasteiger partial charge in [-0.05, 0) is 76.1 Å². The van der Waals surface area contributed by atoms with Gasteiger partial charge in [0.1, 0.15) is 12.9 Å². The molecule has 1 aromatic heterocycles. The molecule has 0 unspecified atom stereocenters. The number of aryl methyl sites for hydroxylation is 2. The van der Waals surface area contributed by atoms with Crippen molar-refractivity contribution in [3.8, 4) is 0 Å². The second kappa shape index (κ2) is 15.4. The van der Waals surface area contributed by atoms with E-state index in [2.05, 4.69) is 93.2 Å². The smallest absolute Gasteiger partial charge is 0.407 e. The predicted molar refractivity (Wildman–Crippen MR) is 182 cm³/mol. The fourth-order valence-corrected chi connectivity index (χ4v) is 6.85. The van der Waals surface area contributed by atoms with E-state index in [-0.39, 0.29) is 18.1 Å². The second-order valence-corrected chi connectivity index (χ2v) is 12.8. The summed E-state index contributed by atoms with van der Waals surface area (Å²) in [4.78, 5) is 40.9. The first-order chi connectivity index (χ1) is 22.3. The summed E-state index contributed by atoms with van der Waals surface area (Å²) < 4.78 is 5.00. The molecule has 3 aromatic rings. The summed E-state index contributed by atoms with van der Waals surface area (Å²) in [5, 5.41) is 2.79. The van der Waals surface area contributed by atoms with Crippen molar-refractivity contribution in [2.75, 3.05) is 44.2 Å². The van der Waals surface area contributed by atoms with Gasteiger partial charge in [0.05, 0.1) is 17.0 Å². The Labute approximate surface area is 273 Å². The van der Waals surface area contributed by atoms with E-state index in [0.717, 1.165) is 76.2 Å². The number of piperidine rings is 2. The van der Waals surface area contributed by atoms with Gasteiger partial charge in [0.2, 0.25) is 0 Å². The van der Waals surface area contributed by atoms with Gasteiger partial charge in [-0.25, -0.2) is 14.8 Å². The molecule has 2 aromatic carbocycles. The molecule has 244 valence electrons. The van der Waals surface area contributed by atoms with E-state index in [1.165, 1.54) is 23.1 Å². The van der Waals surface area contributed by atoms with E-state index < -0.39 is 6.09 Å². The molecule has 0 atom stereocenters. The van der Waals surface area contributed by atoms with E-state index in [9.17, 15) is 9.59 Å². The zero-order chi connectivity index (χ0) is 32.5. The number of hydrogen-bond donors (Lipinski definition) is 1. The van der Waals surface area contributed by atoms with Crippen molar-refractivity contribution in [1.82, 2.24) is 25.1 Å². The molecule has 0 saturated carbocycles. The highest BCUT2D eigenvalue weighted by Crippen LogP contribution is 2.34. The number of ether oxygens (including phenoxy) is 1. The number of hydrogen-bond acceptors (Lipinski definition) is 7. The lowest BCUT2D eigenvalue weighted by atomic mass is 9.85.